The molecule has 104 valence electrons. The molecular formula is C14H18ClNO3. The van der Waals surface area contributed by atoms with Crippen molar-refractivity contribution in [3.63, 3.8) is 0 Å². The summed E-state index contributed by atoms with van der Waals surface area (Å²) in [4.78, 5) is 25.3. The highest BCUT2D eigenvalue weighted by Gasteiger charge is 2.23. The summed E-state index contributed by atoms with van der Waals surface area (Å²) in [6, 6.07) is 5.02. The van der Waals surface area contributed by atoms with Gasteiger partial charge in [0.05, 0.1) is 7.11 Å². The molecule has 0 aliphatic carbocycles. The van der Waals surface area contributed by atoms with Crippen molar-refractivity contribution in [3.8, 4) is 0 Å². The molecule has 0 bridgehead atoms. The Kier molecular flexibility index (Phi) is 5.36. The summed E-state index contributed by atoms with van der Waals surface area (Å²) in [7, 11) is 1.30. The molecule has 0 radical (unpaired) electrons. The maximum Gasteiger partial charge on any atom is 0.325 e. The van der Waals surface area contributed by atoms with Gasteiger partial charge >= 0.3 is 5.97 Å². The van der Waals surface area contributed by atoms with Crippen molar-refractivity contribution in [2.45, 2.75) is 26.8 Å². The first-order valence-electron chi connectivity index (χ1n) is 6.00. The van der Waals surface area contributed by atoms with Gasteiger partial charge in [0.1, 0.15) is 6.54 Å². The summed E-state index contributed by atoms with van der Waals surface area (Å²) >= 11 is 5.92. The molecule has 4 nitrogen and oxygen atoms in total. The highest BCUT2D eigenvalue weighted by atomic mass is 35.5. The molecule has 0 saturated heterocycles. The summed E-state index contributed by atoms with van der Waals surface area (Å²) in [5.41, 5.74) is 1.33. The second-order valence-electron chi connectivity index (χ2n) is 4.56. The topological polar surface area (TPSA) is 46.6 Å². The first-order valence-corrected chi connectivity index (χ1v) is 6.38. The standard InChI is InChI=1S/C14H18ClNO3/c1-9(2)16(8-13(17)19-4)14(18)12-7-11(15)6-5-10(12)3/h5-7,9H,8H2,1-4H3. The molecule has 1 amide bonds. The van der Waals surface area contributed by atoms with E-state index in [1.807, 2.05) is 20.8 Å². The van der Waals surface area contributed by atoms with Crippen LogP contribution in [0.15, 0.2) is 18.2 Å². The third kappa shape index (κ3) is 3.96. The maximum absolute atomic E-state index is 12.5. The number of hydrogen-bond acceptors (Lipinski definition) is 3. The van der Waals surface area contributed by atoms with Crippen molar-refractivity contribution in [1.82, 2.24) is 4.90 Å². The summed E-state index contributed by atoms with van der Waals surface area (Å²) in [6.07, 6.45) is 0. The Morgan fingerprint density at radius 1 is 1.37 bits per heavy atom. The molecule has 0 aliphatic heterocycles. The van der Waals surface area contributed by atoms with E-state index in [1.54, 1.807) is 18.2 Å². The Morgan fingerprint density at radius 3 is 2.53 bits per heavy atom. The van der Waals surface area contributed by atoms with E-state index in [9.17, 15) is 9.59 Å². The monoisotopic (exact) mass is 283 g/mol. The first-order chi connectivity index (χ1) is 8.86. The van der Waals surface area contributed by atoms with E-state index in [4.69, 9.17) is 11.6 Å². The molecule has 0 unspecified atom stereocenters. The highest BCUT2D eigenvalue weighted by Crippen LogP contribution is 2.18. The van der Waals surface area contributed by atoms with E-state index < -0.39 is 5.97 Å². The number of aryl methyl sites for hydroxylation is 1. The lowest BCUT2D eigenvalue weighted by Crippen LogP contribution is -2.41. The zero-order valence-corrected chi connectivity index (χ0v) is 12.3. The van der Waals surface area contributed by atoms with Gasteiger partial charge in [-0.05, 0) is 38.5 Å². The minimum Gasteiger partial charge on any atom is -0.468 e. The fraction of sp³-hybridized carbons (Fsp3) is 0.429. The van der Waals surface area contributed by atoms with Gasteiger partial charge in [0.2, 0.25) is 0 Å². The largest absolute Gasteiger partial charge is 0.468 e. The van der Waals surface area contributed by atoms with Crippen LogP contribution in [-0.2, 0) is 9.53 Å². The number of nitrogens with zero attached hydrogens (tertiary/aromatic N) is 1. The van der Waals surface area contributed by atoms with Gasteiger partial charge in [0, 0.05) is 16.6 Å². The average molecular weight is 284 g/mol. The number of ether oxygens (including phenoxy) is 1. The summed E-state index contributed by atoms with van der Waals surface area (Å²) in [6.45, 7) is 5.46. The molecule has 0 aromatic heterocycles. The van der Waals surface area contributed by atoms with E-state index in [-0.39, 0.29) is 18.5 Å². The molecule has 19 heavy (non-hydrogen) atoms. The predicted octanol–water partition coefficient (Wildman–Crippen LogP) is 2.67. The van der Waals surface area contributed by atoms with Crippen LogP contribution in [0.3, 0.4) is 0 Å². The van der Waals surface area contributed by atoms with Gasteiger partial charge in [-0.3, -0.25) is 9.59 Å². The second kappa shape index (κ2) is 6.57. The molecule has 0 heterocycles. The van der Waals surface area contributed by atoms with Crippen LogP contribution >= 0.6 is 11.6 Å². The summed E-state index contributed by atoms with van der Waals surface area (Å²) in [5.74, 6) is -0.665. The normalized spacial score (nSPS) is 10.4. The Labute approximate surface area is 118 Å². The Balaban J connectivity index is 3.05. The molecule has 0 atom stereocenters. The Hall–Kier alpha value is -1.55. The van der Waals surface area contributed by atoms with E-state index in [1.165, 1.54) is 12.0 Å². The van der Waals surface area contributed by atoms with Gasteiger partial charge in [-0.1, -0.05) is 17.7 Å². The minimum absolute atomic E-state index is 0.0705. The van der Waals surface area contributed by atoms with Crippen molar-refractivity contribution in [2.75, 3.05) is 13.7 Å². The van der Waals surface area contributed by atoms with Crippen molar-refractivity contribution in [2.24, 2.45) is 0 Å². The number of rotatable bonds is 4. The molecule has 1 aromatic carbocycles. The van der Waals surface area contributed by atoms with Crippen LogP contribution in [0, 0.1) is 6.92 Å². The number of benzene rings is 1. The lowest BCUT2D eigenvalue weighted by molar-refractivity contribution is -0.141. The number of carbonyl (C=O) groups excluding carboxylic acids is 2. The molecule has 5 heteroatoms. The maximum atomic E-state index is 12.5. The average Bonchev–Trinajstić information content (AvgIpc) is 2.37. The smallest absolute Gasteiger partial charge is 0.325 e. The Bertz CT molecular complexity index is 486. The van der Waals surface area contributed by atoms with Crippen LogP contribution in [0.2, 0.25) is 5.02 Å². The second-order valence-corrected chi connectivity index (χ2v) is 5.00. The molecule has 1 aromatic rings. The quantitative estimate of drug-likeness (QED) is 0.798. The van der Waals surface area contributed by atoms with Crippen molar-refractivity contribution in [1.29, 1.82) is 0 Å². The lowest BCUT2D eigenvalue weighted by atomic mass is 10.1. The first kappa shape index (κ1) is 15.5. The number of amides is 1. The zero-order valence-electron chi connectivity index (χ0n) is 11.6. The highest BCUT2D eigenvalue weighted by molar-refractivity contribution is 6.31. The van der Waals surface area contributed by atoms with Crippen molar-refractivity contribution >= 4 is 23.5 Å². The molecule has 1 rings (SSSR count). The SMILES string of the molecule is COC(=O)CN(C(=O)c1cc(Cl)ccc1C)C(C)C. The van der Waals surface area contributed by atoms with Crippen molar-refractivity contribution < 1.29 is 14.3 Å². The summed E-state index contributed by atoms with van der Waals surface area (Å²) in [5, 5.41) is 0.496. The van der Waals surface area contributed by atoms with Crippen LogP contribution in [0.1, 0.15) is 29.8 Å². The number of methoxy groups -OCH3 is 1. The number of hydrogen-bond donors (Lipinski definition) is 0. The summed E-state index contributed by atoms with van der Waals surface area (Å²) < 4.78 is 4.61. The fourth-order valence-corrected chi connectivity index (χ4v) is 1.84. The van der Waals surface area contributed by atoms with Gasteiger partial charge in [0.15, 0.2) is 0 Å². The molecule has 0 fully saturated rings. The molecule has 0 spiro atoms. The molecule has 0 aliphatic rings. The van der Waals surface area contributed by atoms with E-state index >= 15 is 0 Å². The lowest BCUT2D eigenvalue weighted by Gasteiger charge is -2.26. The third-order valence-corrected chi connectivity index (χ3v) is 3.08. The van der Waals surface area contributed by atoms with Crippen LogP contribution in [0.4, 0.5) is 0 Å². The van der Waals surface area contributed by atoms with Crippen LogP contribution in [0.25, 0.3) is 0 Å². The van der Waals surface area contributed by atoms with Crippen LogP contribution < -0.4 is 0 Å². The minimum atomic E-state index is -0.443. The van der Waals surface area contributed by atoms with Crippen LogP contribution in [0.5, 0.6) is 0 Å². The van der Waals surface area contributed by atoms with Gasteiger partial charge in [-0.15, -0.1) is 0 Å². The number of esters is 1. The number of halogens is 1. The van der Waals surface area contributed by atoms with Crippen molar-refractivity contribution in [3.05, 3.63) is 34.3 Å². The number of carbonyl (C=O) groups is 2. The van der Waals surface area contributed by atoms with Gasteiger partial charge < -0.3 is 9.64 Å². The van der Waals surface area contributed by atoms with Gasteiger partial charge in [-0.2, -0.15) is 0 Å². The molecule has 0 N–H and O–H groups in total. The fourth-order valence-electron chi connectivity index (χ4n) is 1.67. The van der Waals surface area contributed by atoms with E-state index in [0.29, 0.717) is 10.6 Å². The van der Waals surface area contributed by atoms with Gasteiger partial charge in [-0.25, -0.2) is 0 Å². The van der Waals surface area contributed by atoms with E-state index in [2.05, 4.69) is 4.74 Å². The van der Waals surface area contributed by atoms with E-state index in [0.717, 1.165) is 5.56 Å². The van der Waals surface area contributed by atoms with Crippen LogP contribution in [-0.4, -0.2) is 36.5 Å². The third-order valence-electron chi connectivity index (χ3n) is 2.84. The molecule has 0 saturated carbocycles. The molecular weight excluding hydrogens is 266 g/mol. The zero-order chi connectivity index (χ0) is 14.6. The Morgan fingerprint density at radius 2 is 2.00 bits per heavy atom. The van der Waals surface area contributed by atoms with Gasteiger partial charge in [0.25, 0.3) is 5.91 Å². The predicted molar refractivity (Wildman–Crippen MR) is 74.4 cm³/mol.